The van der Waals surface area contributed by atoms with E-state index in [1.165, 1.54) is 0 Å². The lowest BCUT2D eigenvalue weighted by Crippen LogP contribution is -2.46. The van der Waals surface area contributed by atoms with Crippen LogP contribution in [0, 0.1) is 12.5 Å². The average molecular weight is 166 g/mol. The van der Waals surface area contributed by atoms with E-state index in [4.69, 9.17) is 6.57 Å². The zero-order valence-electron chi connectivity index (χ0n) is 7.32. The Balaban J connectivity index is 2.11. The number of nitrogens with zero attached hydrogens (tertiary/aromatic N) is 2. The van der Waals surface area contributed by atoms with Gasteiger partial charge in [0.05, 0.1) is 0 Å². The van der Waals surface area contributed by atoms with Crippen molar-refractivity contribution in [3.8, 4) is 0 Å². The predicted octanol–water partition coefficient (Wildman–Crippen LogP) is 0.361. The lowest BCUT2D eigenvalue weighted by molar-refractivity contribution is -0.0133. The van der Waals surface area contributed by atoms with Crippen LogP contribution in [0.4, 0.5) is 0 Å². The lowest BCUT2D eigenvalue weighted by atomic mass is 9.89. The maximum Gasteiger partial charge on any atom is 0.243 e. The molecule has 1 N–H and O–H groups in total. The quantitative estimate of drug-likeness (QED) is 0.570. The van der Waals surface area contributed by atoms with Gasteiger partial charge in [-0.25, -0.2) is 6.57 Å². The van der Waals surface area contributed by atoms with Crippen LogP contribution in [0.3, 0.4) is 0 Å². The van der Waals surface area contributed by atoms with E-state index in [0.717, 1.165) is 19.4 Å². The van der Waals surface area contributed by atoms with E-state index in [-0.39, 0.29) is 0 Å². The van der Waals surface area contributed by atoms with E-state index in [9.17, 15) is 5.11 Å². The minimum absolute atomic E-state index is 0.294. The highest BCUT2D eigenvalue weighted by atomic mass is 16.3. The number of hydrogen-bond acceptors (Lipinski definition) is 2. The molecular weight excluding hydrogens is 152 g/mol. The smallest absolute Gasteiger partial charge is 0.243 e. The fraction of sp³-hybridized carbons (Fsp3) is 0.889. The number of rotatable bonds is 1. The molecule has 3 heteroatoms. The molecule has 2 rings (SSSR count). The maximum atomic E-state index is 10.1. The van der Waals surface area contributed by atoms with Gasteiger partial charge in [-0.2, -0.15) is 0 Å². The molecule has 66 valence electrons. The Morgan fingerprint density at radius 1 is 1.75 bits per heavy atom. The first-order chi connectivity index (χ1) is 5.65. The summed E-state index contributed by atoms with van der Waals surface area (Å²) in [7, 11) is 2.10. The van der Waals surface area contributed by atoms with Crippen LogP contribution >= 0.6 is 0 Å². The molecule has 2 bridgehead atoms. The van der Waals surface area contributed by atoms with Crippen molar-refractivity contribution in [3.05, 3.63) is 11.4 Å². The molecule has 3 nitrogen and oxygen atoms in total. The third-order valence-electron chi connectivity index (χ3n) is 3.39. The fourth-order valence-electron chi connectivity index (χ4n) is 2.61. The molecule has 0 amide bonds. The van der Waals surface area contributed by atoms with Crippen LogP contribution in [0.2, 0.25) is 0 Å². The first-order valence-electron chi connectivity index (χ1n) is 4.41. The molecule has 3 unspecified atom stereocenters. The van der Waals surface area contributed by atoms with Crippen molar-refractivity contribution in [1.29, 1.82) is 0 Å². The maximum absolute atomic E-state index is 10.1. The summed E-state index contributed by atoms with van der Waals surface area (Å²) in [6, 6.07) is 0.529. The van der Waals surface area contributed by atoms with Crippen LogP contribution in [-0.2, 0) is 0 Å². The molecule has 1 aliphatic carbocycles. The summed E-state index contributed by atoms with van der Waals surface area (Å²) in [5, 5.41) is 10.1. The summed E-state index contributed by atoms with van der Waals surface area (Å²) >= 11 is 0. The first kappa shape index (κ1) is 8.03. The molecular formula is C9H14N2O. The third-order valence-corrected chi connectivity index (χ3v) is 3.39. The zero-order chi connectivity index (χ0) is 8.77. The Labute approximate surface area is 72.8 Å². The largest absolute Gasteiger partial charge is 0.382 e. The highest BCUT2D eigenvalue weighted by molar-refractivity contribution is 5.08. The number of aliphatic hydroxyl groups is 1. The minimum atomic E-state index is -0.654. The van der Waals surface area contributed by atoms with E-state index in [1.807, 2.05) is 0 Å². The van der Waals surface area contributed by atoms with Gasteiger partial charge in [0, 0.05) is 18.5 Å². The lowest BCUT2D eigenvalue weighted by Gasteiger charge is -2.32. The van der Waals surface area contributed by atoms with Crippen LogP contribution in [0.5, 0.6) is 0 Å². The summed E-state index contributed by atoms with van der Waals surface area (Å²) in [6.07, 6.45) is 1.89. The highest BCUT2D eigenvalue weighted by Gasteiger charge is 2.54. The molecule has 0 aromatic heterocycles. The summed E-state index contributed by atoms with van der Waals surface area (Å²) in [6.45, 7) is 8.04. The zero-order valence-corrected chi connectivity index (χ0v) is 7.32. The molecule has 1 heterocycles. The Bertz CT molecular complexity index is 233. The molecule has 1 aliphatic heterocycles. The van der Waals surface area contributed by atoms with E-state index in [1.54, 1.807) is 0 Å². The average Bonchev–Trinajstić information content (AvgIpc) is 2.45. The Morgan fingerprint density at radius 2 is 2.50 bits per heavy atom. The van der Waals surface area contributed by atoms with Gasteiger partial charge in [0.2, 0.25) is 6.54 Å². The van der Waals surface area contributed by atoms with Gasteiger partial charge in [-0.3, -0.25) is 0 Å². The molecule has 2 fully saturated rings. The van der Waals surface area contributed by atoms with Gasteiger partial charge >= 0.3 is 0 Å². The van der Waals surface area contributed by atoms with Gasteiger partial charge in [-0.05, 0) is 19.9 Å². The van der Waals surface area contributed by atoms with E-state index in [0.29, 0.717) is 18.5 Å². The molecule has 3 atom stereocenters. The molecule has 0 spiro atoms. The van der Waals surface area contributed by atoms with Crippen molar-refractivity contribution in [1.82, 2.24) is 4.90 Å². The van der Waals surface area contributed by atoms with Crippen molar-refractivity contribution in [2.24, 2.45) is 5.92 Å². The van der Waals surface area contributed by atoms with Crippen LogP contribution in [0.15, 0.2) is 0 Å². The van der Waals surface area contributed by atoms with Gasteiger partial charge in [-0.15, -0.1) is 0 Å². The molecule has 1 saturated carbocycles. The third kappa shape index (κ3) is 0.954. The van der Waals surface area contributed by atoms with Crippen LogP contribution in [0.25, 0.3) is 4.85 Å². The van der Waals surface area contributed by atoms with Crippen molar-refractivity contribution in [3.63, 3.8) is 0 Å². The van der Waals surface area contributed by atoms with Crippen LogP contribution < -0.4 is 0 Å². The second-order valence-corrected chi connectivity index (χ2v) is 4.15. The molecule has 2 aliphatic rings. The second kappa shape index (κ2) is 2.45. The van der Waals surface area contributed by atoms with E-state index >= 15 is 0 Å². The number of hydrogen-bond donors (Lipinski definition) is 1. The second-order valence-electron chi connectivity index (χ2n) is 4.15. The number of piperidine rings is 1. The van der Waals surface area contributed by atoms with Gasteiger partial charge in [0.1, 0.15) is 5.60 Å². The SMILES string of the molecule is [C-]#[N+]CC1(O)CC2CC1CN2C. The normalized spacial score (nSPS) is 46.4. The Hall–Kier alpha value is -0.590. The Morgan fingerprint density at radius 3 is 2.92 bits per heavy atom. The van der Waals surface area contributed by atoms with Gasteiger partial charge < -0.3 is 14.9 Å². The van der Waals surface area contributed by atoms with Gasteiger partial charge in [0.15, 0.2) is 0 Å². The first-order valence-corrected chi connectivity index (χ1v) is 4.41. The standard InChI is InChI=1S/C9H14N2O/c1-10-6-9(12)4-8-3-7(9)5-11(8)2/h7-8,12H,3-6H2,2H3. The van der Waals surface area contributed by atoms with Crippen molar-refractivity contribution in [2.75, 3.05) is 20.1 Å². The van der Waals surface area contributed by atoms with Crippen LogP contribution in [0.1, 0.15) is 12.8 Å². The summed E-state index contributed by atoms with van der Waals surface area (Å²) < 4.78 is 0. The van der Waals surface area contributed by atoms with E-state index < -0.39 is 5.60 Å². The molecule has 0 radical (unpaired) electrons. The highest BCUT2D eigenvalue weighted by Crippen LogP contribution is 2.44. The van der Waals surface area contributed by atoms with E-state index in [2.05, 4.69) is 16.8 Å². The van der Waals surface area contributed by atoms with Crippen LogP contribution in [-0.4, -0.2) is 41.8 Å². The molecule has 1 saturated heterocycles. The van der Waals surface area contributed by atoms with Gasteiger partial charge in [-0.1, -0.05) is 0 Å². The monoisotopic (exact) mass is 166 g/mol. The fourth-order valence-corrected chi connectivity index (χ4v) is 2.61. The van der Waals surface area contributed by atoms with Crippen molar-refractivity contribution < 1.29 is 5.11 Å². The molecule has 0 aromatic rings. The number of likely N-dealkylation sites (tertiary alicyclic amines) is 1. The predicted molar refractivity (Wildman–Crippen MR) is 45.6 cm³/mol. The Kier molecular flexibility index (Phi) is 1.64. The minimum Gasteiger partial charge on any atom is -0.382 e. The summed E-state index contributed by atoms with van der Waals surface area (Å²) in [4.78, 5) is 5.61. The summed E-state index contributed by atoms with van der Waals surface area (Å²) in [5.41, 5.74) is -0.654. The topological polar surface area (TPSA) is 27.8 Å². The summed E-state index contributed by atoms with van der Waals surface area (Å²) in [5.74, 6) is 0.349. The van der Waals surface area contributed by atoms with Crippen molar-refractivity contribution >= 4 is 0 Å². The molecule has 0 aromatic carbocycles. The molecule has 12 heavy (non-hydrogen) atoms. The van der Waals surface area contributed by atoms with Gasteiger partial charge in [0.25, 0.3) is 0 Å². The van der Waals surface area contributed by atoms with Crippen molar-refractivity contribution in [2.45, 2.75) is 24.5 Å². The number of fused-ring (bicyclic) bond motifs is 2.